The van der Waals surface area contributed by atoms with Crippen molar-refractivity contribution < 1.29 is 4.39 Å². The van der Waals surface area contributed by atoms with Crippen molar-refractivity contribution in [2.45, 2.75) is 96.3 Å². The molecule has 1 aromatic carbocycles. The van der Waals surface area contributed by atoms with Crippen LogP contribution in [-0.4, -0.2) is 0 Å². The molecule has 0 aliphatic heterocycles. The van der Waals surface area contributed by atoms with E-state index >= 15 is 0 Å². The Balaban J connectivity index is 1.30. The quantitative estimate of drug-likeness (QED) is 0.318. The summed E-state index contributed by atoms with van der Waals surface area (Å²) in [4.78, 5) is 0. The molecule has 0 atom stereocenters. The predicted octanol–water partition coefficient (Wildman–Crippen LogP) is 8.43. The molecule has 0 radical (unpaired) electrons. The molecule has 2 saturated carbocycles. The Morgan fingerprint density at radius 2 is 1.44 bits per heavy atom. The van der Waals surface area contributed by atoms with Crippen LogP contribution in [0.2, 0.25) is 0 Å². The minimum absolute atomic E-state index is 0.112. The third-order valence-corrected chi connectivity index (χ3v) is 7.20. The second-order valence-corrected chi connectivity index (χ2v) is 9.20. The van der Waals surface area contributed by atoms with E-state index in [-0.39, 0.29) is 5.82 Å². The van der Waals surface area contributed by atoms with Gasteiger partial charge in [-0.2, -0.15) is 0 Å². The predicted molar refractivity (Wildman–Crippen MR) is 114 cm³/mol. The molecule has 0 unspecified atom stereocenters. The average molecular weight is 371 g/mol. The van der Waals surface area contributed by atoms with E-state index in [1.807, 2.05) is 12.1 Å². The van der Waals surface area contributed by atoms with Gasteiger partial charge in [0, 0.05) is 0 Å². The lowest BCUT2D eigenvalue weighted by Gasteiger charge is -2.31. The van der Waals surface area contributed by atoms with Crippen LogP contribution in [0.5, 0.6) is 0 Å². The van der Waals surface area contributed by atoms with E-state index in [1.54, 1.807) is 12.1 Å². The Labute approximate surface area is 166 Å². The molecule has 27 heavy (non-hydrogen) atoms. The highest BCUT2D eigenvalue weighted by Crippen LogP contribution is 2.39. The lowest BCUT2D eigenvalue weighted by molar-refractivity contribution is 0.246. The second-order valence-electron chi connectivity index (χ2n) is 9.20. The SMILES string of the molecule is CCCC/C=C/[C@H]1CC[C@H](CC[C@H]2CC[C@H](c3ccc(F)cc3)CC2)CC1. The van der Waals surface area contributed by atoms with Gasteiger partial charge in [-0.05, 0) is 99.2 Å². The fraction of sp³-hybridized carbons (Fsp3) is 0.692. The van der Waals surface area contributed by atoms with Gasteiger partial charge in [-0.1, -0.05) is 56.9 Å². The molecule has 1 aromatic rings. The van der Waals surface area contributed by atoms with Gasteiger partial charge < -0.3 is 0 Å². The van der Waals surface area contributed by atoms with Crippen LogP contribution in [0, 0.1) is 23.6 Å². The van der Waals surface area contributed by atoms with E-state index in [0.29, 0.717) is 5.92 Å². The van der Waals surface area contributed by atoms with Crippen molar-refractivity contribution in [2.75, 3.05) is 0 Å². The summed E-state index contributed by atoms with van der Waals surface area (Å²) in [6.07, 6.45) is 22.9. The van der Waals surface area contributed by atoms with Gasteiger partial charge in [0.15, 0.2) is 0 Å². The van der Waals surface area contributed by atoms with Crippen LogP contribution in [0.4, 0.5) is 4.39 Å². The second kappa shape index (κ2) is 11.0. The van der Waals surface area contributed by atoms with Gasteiger partial charge >= 0.3 is 0 Å². The fourth-order valence-corrected chi connectivity index (χ4v) is 5.27. The first-order chi connectivity index (χ1) is 13.2. The number of hydrogen-bond donors (Lipinski definition) is 0. The molecule has 0 saturated heterocycles. The molecule has 0 aromatic heterocycles. The summed E-state index contributed by atoms with van der Waals surface area (Å²) in [6.45, 7) is 2.27. The molecule has 0 amide bonds. The minimum atomic E-state index is -0.112. The molecule has 2 aliphatic rings. The summed E-state index contributed by atoms with van der Waals surface area (Å²) in [5.41, 5.74) is 1.35. The summed E-state index contributed by atoms with van der Waals surface area (Å²) in [6, 6.07) is 7.23. The van der Waals surface area contributed by atoms with Crippen molar-refractivity contribution in [3.05, 3.63) is 47.8 Å². The Hall–Kier alpha value is -1.11. The zero-order valence-corrected chi connectivity index (χ0v) is 17.3. The molecule has 150 valence electrons. The van der Waals surface area contributed by atoms with Crippen LogP contribution in [0.15, 0.2) is 36.4 Å². The Bertz CT molecular complexity index is 542. The molecule has 0 bridgehead atoms. The highest BCUT2D eigenvalue weighted by atomic mass is 19.1. The largest absolute Gasteiger partial charge is 0.207 e. The molecule has 0 N–H and O–H groups in total. The lowest BCUT2D eigenvalue weighted by atomic mass is 9.74. The number of halogens is 1. The fourth-order valence-electron chi connectivity index (χ4n) is 5.27. The number of unbranched alkanes of at least 4 members (excludes halogenated alkanes) is 2. The maximum atomic E-state index is 13.1. The standard InChI is InChI=1S/C26H39F/c1-2-3-4-5-6-21-7-9-22(10-8-21)11-12-23-13-15-24(16-14-23)25-17-19-26(27)20-18-25/h5-6,17-24H,2-4,7-16H2,1H3/b6-5+/t21-,22-,23-,24-. The smallest absolute Gasteiger partial charge is 0.123 e. The number of rotatable bonds is 8. The van der Waals surface area contributed by atoms with E-state index in [9.17, 15) is 4.39 Å². The molecule has 0 spiro atoms. The summed E-state index contributed by atoms with van der Waals surface area (Å²) in [7, 11) is 0. The minimum Gasteiger partial charge on any atom is -0.207 e. The first-order valence-corrected chi connectivity index (χ1v) is 11.7. The van der Waals surface area contributed by atoms with Crippen LogP contribution in [-0.2, 0) is 0 Å². The summed E-state index contributed by atoms with van der Waals surface area (Å²) in [5.74, 6) is 3.34. The van der Waals surface area contributed by atoms with Crippen molar-refractivity contribution in [3.63, 3.8) is 0 Å². The average Bonchev–Trinajstić information content (AvgIpc) is 2.72. The third kappa shape index (κ3) is 6.77. The van der Waals surface area contributed by atoms with Gasteiger partial charge in [0.25, 0.3) is 0 Å². The number of hydrogen-bond acceptors (Lipinski definition) is 0. The first kappa shape index (κ1) is 20.6. The van der Waals surface area contributed by atoms with Gasteiger partial charge in [0.05, 0.1) is 0 Å². The monoisotopic (exact) mass is 370 g/mol. The molecule has 0 heterocycles. The van der Waals surface area contributed by atoms with Gasteiger partial charge in [-0.3, -0.25) is 0 Å². The first-order valence-electron chi connectivity index (χ1n) is 11.7. The Kier molecular flexibility index (Phi) is 8.42. The summed E-state index contributed by atoms with van der Waals surface area (Å²) >= 11 is 0. The molecule has 2 aliphatic carbocycles. The van der Waals surface area contributed by atoms with Crippen molar-refractivity contribution >= 4 is 0 Å². The van der Waals surface area contributed by atoms with Crippen LogP contribution in [0.3, 0.4) is 0 Å². The van der Waals surface area contributed by atoms with Crippen molar-refractivity contribution in [1.82, 2.24) is 0 Å². The van der Waals surface area contributed by atoms with Crippen LogP contribution in [0.1, 0.15) is 102 Å². The topological polar surface area (TPSA) is 0 Å². The zero-order chi connectivity index (χ0) is 18.9. The molecule has 1 heteroatoms. The maximum absolute atomic E-state index is 13.1. The lowest BCUT2D eigenvalue weighted by Crippen LogP contribution is -2.17. The van der Waals surface area contributed by atoms with Crippen LogP contribution < -0.4 is 0 Å². The van der Waals surface area contributed by atoms with Gasteiger partial charge in [0.1, 0.15) is 5.82 Å². The Morgan fingerprint density at radius 1 is 0.852 bits per heavy atom. The van der Waals surface area contributed by atoms with Gasteiger partial charge in [-0.25, -0.2) is 4.39 Å². The molecule has 0 nitrogen and oxygen atoms in total. The van der Waals surface area contributed by atoms with Crippen molar-refractivity contribution in [2.24, 2.45) is 17.8 Å². The van der Waals surface area contributed by atoms with Crippen LogP contribution in [0.25, 0.3) is 0 Å². The van der Waals surface area contributed by atoms with E-state index < -0.39 is 0 Å². The van der Waals surface area contributed by atoms with Gasteiger partial charge in [0.2, 0.25) is 0 Å². The third-order valence-electron chi connectivity index (χ3n) is 7.20. The summed E-state index contributed by atoms with van der Waals surface area (Å²) < 4.78 is 13.1. The highest BCUT2D eigenvalue weighted by Gasteiger charge is 2.24. The molecule has 2 fully saturated rings. The van der Waals surface area contributed by atoms with Crippen molar-refractivity contribution in [3.8, 4) is 0 Å². The molecular weight excluding hydrogens is 331 g/mol. The molecular formula is C26H39F. The Morgan fingerprint density at radius 3 is 2.04 bits per heavy atom. The van der Waals surface area contributed by atoms with E-state index in [1.165, 1.54) is 89.0 Å². The normalized spacial score (nSPS) is 29.3. The van der Waals surface area contributed by atoms with E-state index in [0.717, 1.165) is 17.8 Å². The number of allylic oxidation sites excluding steroid dienone is 2. The maximum Gasteiger partial charge on any atom is 0.123 e. The van der Waals surface area contributed by atoms with Crippen LogP contribution >= 0.6 is 0 Å². The molecule has 3 rings (SSSR count). The summed E-state index contributed by atoms with van der Waals surface area (Å²) in [5, 5.41) is 0. The van der Waals surface area contributed by atoms with E-state index in [4.69, 9.17) is 0 Å². The van der Waals surface area contributed by atoms with E-state index in [2.05, 4.69) is 19.1 Å². The zero-order valence-electron chi connectivity index (χ0n) is 17.3. The van der Waals surface area contributed by atoms with Gasteiger partial charge in [-0.15, -0.1) is 0 Å². The number of benzene rings is 1. The van der Waals surface area contributed by atoms with Crippen molar-refractivity contribution in [1.29, 1.82) is 0 Å². The highest BCUT2D eigenvalue weighted by molar-refractivity contribution is 5.20.